The van der Waals surface area contributed by atoms with Gasteiger partial charge in [-0.3, -0.25) is 0 Å². The summed E-state index contributed by atoms with van der Waals surface area (Å²) in [7, 11) is 0. The Morgan fingerprint density at radius 2 is 1.67 bits per heavy atom. The summed E-state index contributed by atoms with van der Waals surface area (Å²) in [4.78, 5) is 11.9. The molecule has 0 saturated carbocycles. The van der Waals surface area contributed by atoms with E-state index in [-0.39, 0.29) is 5.97 Å². The van der Waals surface area contributed by atoms with Crippen LogP contribution in [-0.2, 0) is 9.53 Å². The fourth-order valence-corrected chi connectivity index (χ4v) is 2.48. The summed E-state index contributed by atoms with van der Waals surface area (Å²) in [6.07, 6.45) is 9.83. The fraction of sp³-hybridized carbons (Fsp3) is 0.600. The van der Waals surface area contributed by atoms with Crippen LogP contribution in [0, 0.1) is 11.3 Å². The lowest BCUT2D eigenvalue weighted by Gasteiger charge is -2.14. The highest BCUT2D eigenvalue weighted by atomic mass is 16.5. The number of esters is 1. The number of benzene rings is 1. The molecule has 0 unspecified atom stereocenters. The Morgan fingerprint density at radius 3 is 2.25 bits per heavy atom. The molecule has 132 valence electrons. The van der Waals surface area contributed by atoms with Crippen LogP contribution in [0.5, 0.6) is 0 Å². The zero-order valence-electron chi connectivity index (χ0n) is 15.0. The van der Waals surface area contributed by atoms with Crippen molar-refractivity contribution >= 4 is 11.7 Å². The molecule has 0 aromatic heterocycles. The van der Waals surface area contributed by atoms with E-state index in [9.17, 15) is 4.79 Å². The van der Waals surface area contributed by atoms with Gasteiger partial charge in [0.15, 0.2) is 0 Å². The van der Waals surface area contributed by atoms with E-state index in [1.54, 1.807) is 31.2 Å². The first-order valence-corrected chi connectivity index (χ1v) is 9.10. The maximum Gasteiger partial charge on any atom is 0.328 e. The van der Waals surface area contributed by atoms with Crippen LogP contribution in [-0.4, -0.2) is 18.6 Å². The first-order chi connectivity index (χ1) is 11.7. The van der Waals surface area contributed by atoms with Crippen LogP contribution in [0.15, 0.2) is 24.3 Å². The SMILES string of the molecule is CCCCCCCCCCOC(=O)[C@H](C)Nc1ccc(C#N)cc1. The summed E-state index contributed by atoms with van der Waals surface area (Å²) < 4.78 is 5.31. The van der Waals surface area contributed by atoms with Crippen LogP contribution < -0.4 is 5.32 Å². The van der Waals surface area contributed by atoms with Gasteiger partial charge < -0.3 is 10.1 Å². The summed E-state index contributed by atoms with van der Waals surface area (Å²) in [6.45, 7) is 4.51. The number of ether oxygens (including phenoxy) is 1. The topological polar surface area (TPSA) is 62.1 Å². The zero-order chi connectivity index (χ0) is 17.6. The van der Waals surface area contributed by atoms with Gasteiger partial charge in [-0.15, -0.1) is 0 Å². The van der Waals surface area contributed by atoms with Gasteiger partial charge in [0.1, 0.15) is 6.04 Å². The van der Waals surface area contributed by atoms with Gasteiger partial charge in [0.05, 0.1) is 18.2 Å². The zero-order valence-corrected chi connectivity index (χ0v) is 15.0. The second-order valence-corrected chi connectivity index (χ2v) is 6.20. The van der Waals surface area contributed by atoms with Crippen molar-refractivity contribution in [2.75, 3.05) is 11.9 Å². The minimum absolute atomic E-state index is 0.234. The molecule has 0 spiro atoms. The van der Waals surface area contributed by atoms with Gasteiger partial charge in [-0.2, -0.15) is 5.26 Å². The normalized spacial score (nSPS) is 11.5. The highest BCUT2D eigenvalue weighted by Gasteiger charge is 2.13. The Morgan fingerprint density at radius 1 is 1.08 bits per heavy atom. The third-order valence-electron chi connectivity index (χ3n) is 3.99. The van der Waals surface area contributed by atoms with Gasteiger partial charge >= 0.3 is 5.97 Å². The second kappa shape index (κ2) is 12.4. The van der Waals surface area contributed by atoms with E-state index in [0.717, 1.165) is 18.5 Å². The van der Waals surface area contributed by atoms with Crippen LogP contribution in [0.1, 0.15) is 70.8 Å². The van der Waals surface area contributed by atoms with Crippen molar-refractivity contribution in [3.63, 3.8) is 0 Å². The highest BCUT2D eigenvalue weighted by molar-refractivity contribution is 5.78. The maximum atomic E-state index is 11.9. The molecule has 1 aromatic carbocycles. The number of carbonyl (C=O) groups excluding carboxylic acids is 1. The Labute approximate surface area is 146 Å². The number of nitriles is 1. The molecule has 4 nitrogen and oxygen atoms in total. The molecule has 1 N–H and O–H groups in total. The Balaban J connectivity index is 2.10. The van der Waals surface area contributed by atoms with E-state index < -0.39 is 6.04 Å². The first-order valence-electron chi connectivity index (χ1n) is 9.10. The quantitative estimate of drug-likeness (QED) is 0.430. The molecular formula is C20H30N2O2. The molecule has 0 heterocycles. The number of unbranched alkanes of at least 4 members (excludes halogenated alkanes) is 7. The molecule has 0 amide bonds. The van der Waals surface area contributed by atoms with Gasteiger partial charge in [0.2, 0.25) is 0 Å². The smallest absolute Gasteiger partial charge is 0.328 e. The highest BCUT2D eigenvalue weighted by Crippen LogP contribution is 2.11. The number of hydrogen-bond donors (Lipinski definition) is 1. The van der Waals surface area contributed by atoms with Crippen molar-refractivity contribution in [3.05, 3.63) is 29.8 Å². The first kappa shape index (κ1) is 20.0. The maximum absolute atomic E-state index is 11.9. The van der Waals surface area contributed by atoms with Crippen LogP contribution in [0.3, 0.4) is 0 Å². The van der Waals surface area contributed by atoms with Crippen LogP contribution in [0.25, 0.3) is 0 Å². The Hall–Kier alpha value is -2.02. The monoisotopic (exact) mass is 330 g/mol. The Bertz CT molecular complexity index is 505. The third-order valence-corrected chi connectivity index (χ3v) is 3.99. The standard InChI is InChI=1S/C20H30N2O2/c1-3-4-5-6-7-8-9-10-15-24-20(23)17(2)22-19-13-11-18(16-21)12-14-19/h11-14,17,22H,3-10,15H2,1-2H3/t17-/m0/s1. The van der Waals surface area contributed by atoms with E-state index in [4.69, 9.17) is 10.00 Å². The van der Waals surface area contributed by atoms with Gasteiger partial charge in [0.25, 0.3) is 0 Å². The van der Waals surface area contributed by atoms with Gasteiger partial charge in [-0.05, 0) is 37.6 Å². The van der Waals surface area contributed by atoms with Gasteiger partial charge in [0, 0.05) is 5.69 Å². The molecule has 24 heavy (non-hydrogen) atoms. The van der Waals surface area contributed by atoms with E-state index in [1.165, 1.54) is 38.5 Å². The molecule has 0 aliphatic carbocycles. The summed E-state index contributed by atoms with van der Waals surface area (Å²) in [6, 6.07) is 8.70. The molecule has 0 fully saturated rings. The molecule has 0 aliphatic rings. The molecule has 4 heteroatoms. The van der Waals surface area contributed by atoms with Crippen LogP contribution >= 0.6 is 0 Å². The predicted octanol–water partition coefficient (Wildman–Crippen LogP) is 5.04. The molecule has 0 saturated heterocycles. The summed E-state index contributed by atoms with van der Waals surface area (Å²) >= 11 is 0. The van der Waals surface area contributed by atoms with Crippen molar-refractivity contribution in [1.29, 1.82) is 5.26 Å². The van der Waals surface area contributed by atoms with E-state index in [2.05, 4.69) is 18.3 Å². The van der Waals surface area contributed by atoms with Crippen molar-refractivity contribution in [3.8, 4) is 6.07 Å². The molecule has 1 rings (SSSR count). The predicted molar refractivity (Wildman–Crippen MR) is 97.8 cm³/mol. The summed E-state index contributed by atoms with van der Waals surface area (Å²) in [5.41, 5.74) is 1.41. The lowest BCUT2D eigenvalue weighted by atomic mass is 10.1. The van der Waals surface area contributed by atoms with Gasteiger partial charge in [-0.1, -0.05) is 51.9 Å². The average Bonchev–Trinajstić information content (AvgIpc) is 2.60. The lowest BCUT2D eigenvalue weighted by Crippen LogP contribution is -2.28. The number of anilines is 1. The molecule has 0 radical (unpaired) electrons. The number of rotatable bonds is 12. The van der Waals surface area contributed by atoms with Crippen molar-refractivity contribution in [1.82, 2.24) is 0 Å². The molecule has 1 atom stereocenters. The number of carbonyl (C=O) groups is 1. The minimum Gasteiger partial charge on any atom is -0.464 e. The molecule has 1 aromatic rings. The van der Waals surface area contributed by atoms with E-state index >= 15 is 0 Å². The number of nitrogens with zero attached hydrogens (tertiary/aromatic N) is 1. The van der Waals surface area contributed by atoms with Crippen molar-refractivity contribution < 1.29 is 9.53 Å². The van der Waals surface area contributed by atoms with E-state index in [1.807, 2.05) is 0 Å². The van der Waals surface area contributed by atoms with Crippen molar-refractivity contribution in [2.45, 2.75) is 71.3 Å². The molecule has 0 aliphatic heterocycles. The minimum atomic E-state index is -0.396. The van der Waals surface area contributed by atoms with Crippen LogP contribution in [0.4, 0.5) is 5.69 Å². The fourth-order valence-electron chi connectivity index (χ4n) is 2.48. The van der Waals surface area contributed by atoms with Crippen molar-refractivity contribution in [2.24, 2.45) is 0 Å². The lowest BCUT2D eigenvalue weighted by molar-refractivity contribution is -0.144. The number of hydrogen-bond acceptors (Lipinski definition) is 4. The number of nitrogens with one attached hydrogen (secondary N) is 1. The van der Waals surface area contributed by atoms with Gasteiger partial charge in [-0.25, -0.2) is 4.79 Å². The molecular weight excluding hydrogens is 300 g/mol. The average molecular weight is 330 g/mol. The third kappa shape index (κ3) is 8.57. The summed E-state index contributed by atoms with van der Waals surface area (Å²) in [5.74, 6) is -0.234. The van der Waals surface area contributed by atoms with Crippen LogP contribution in [0.2, 0.25) is 0 Å². The second-order valence-electron chi connectivity index (χ2n) is 6.20. The molecule has 0 bridgehead atoms. The Kier molecular flexibility index (Phi) is 10.4. The largest absolute Gasteiger partial charge is 0.464 e. The summed E-state index contributed by atoms with van der Waals surface area (Å²) in [5, 5.41) is 11.9. The van der Waals surface area contributed by atoms with E-state index in [0.29, 0.717) is 12.2 Å².